The zero-order chi connectivity index (χ0) is 33.0. The molecule has 3 nitrogen and oxygen atoms in total. The fraction of sp³-hybridized carbons (Fsp3) is 0.0698. The minimum absolute atomic E-state index is 0.493. The molecule has 10 rings (SSSR count). The SMILES string of the molecule is [2H]c1cc2ccccc2c2c1C(C)(C)N(c1nc(-c3ccccc3)c3ccccc3n1)c1c-2c2ccccc2c2c1sc1cccc([2H])c12. The fourth-order valence-electron chi connectivity index (χ4n) is 7.70. The van der Waals surface area contributed by atoms with Gasteiger partial charge in [0.05, 0.1) is 29.9 Å². The predicted octanol–water partition coefficient (Wildman–Crippen LogP) is 12.0. The van der Waals surface area contributed by atoms with Crippen LogP contribution in [0.5, 0.6) is 0 Å². The molecule has 0 spiro atoms. The smallest absolute Gasteiger partial charge is 0.231 e. The first-order valence-electron chi connectivity index (χ1n) is 16.9. The molecular weight excluding hydrogens is 591 g/mol. The van der Waals surface area contributed by atoms with E-state index in [0.717, 1.165) is 86.3 Å². The normalized spacial score (nSPS) is 14.5. The average molecular weight is 622 g/mol. The Hall–Kier alpha value is -5.58. The first-order chi connectivity index (χ1) is 23.9. The molecular formula is C43H29N3S. The Morgan fingerprint density at radius 2 is 1.32 bits per heavy atom. The minimum Gasteiger partial charge on any atom is -0.299 e. The molecule has 47 heavy (non-hydrogen) atoms. The largest absolute Gasteiger partial charge is 0.299 e. The van der Waals surface area contributed by atoms with Crippen LogP contribution in [0.2, 0.25) is 0 Å². The molecule has 1 aliphatic heterocycles. The standard InChI is InChI=1S/C43H29N3S/c1-43(2)33-25-24-26-14-6-7-17-28(26)37(33)38-30-19-9-8-18-29(30)36-32-21-11-13-23-35(32)47-41(36)40(38)46(43)42-44-34-22-12-10-20-31(34)39(45-42)27-15-4-3-5-16-27/h3-25H,1-2H3/i21D,25D. The lowest BCUT2D eigenvalue weighted by molar-refractivity contribution is 0.525. The van der Waals surface area contributed by atoms with Gasteiger partial charge < -0.3 is 0 Å². The van der Waals surface area contributed by atoms with Crippen molar-refractivity contribution in [2.45, 2.75) is 19.4 Å². The van der Waals surface area contributed by atoms with E-state index in [-0.39, 0.29) is 0 Å². The molecule has 4 heteroatoms. The van der Waals surface area contributed by atoms with E-state index in [2.05, 4.69) is 91.5 Å². The van der Waals surface area contributed by atoms with Gasteiger partial charge in [0.1, 0.15) is 0 Å². The Morgan fingerprint density at radius 3 is 2.17 bits per heavy atom. The Morgan fingerprint density at radius 1 is 0.617 bits per heavy atom. The summed E-state index contributed by atoms with van der Waals surface area (Å²) in [6.45, 7) is 4.40. The lowest BCUT2D eigenvalue weighted by atomic mass is 9.76. The predicted molar refractivity (Wildman–Crippen MR) is 200 cm³/mol. The number of thiophene rings is 1. The van der Waals surface area contributed by atoms with Crippen molar-refractivity contribution < 1.29 is 2.74 Å². The third kappa shape index (κ3) is 3.67. The van der Waals surface area contributed by atoms with Gasteiger partial charge in [-0.2, -0.15) is 0 Å². The molecule has 0 aliphatic carbocycles. The van der Waals surface area contributed by atoms with E-state index in [1.807, 2.05) is 54.6 Å². The van der Waals surface area contributed by atoms with Gasteiger partial charge in [-0.05, 0) is 58.7 Å². The number of benzene rings is 7. The van der Waals surface area contributed by atoms with Gasteiger partial charge in [-0.3, -0.25) is 4.90 Å². The zero-order valence-corrected chi connectivity index (χ0v) is 26.7. The summed E-state index contributed by atoms with van der Waals surface area (Å²) in [6, 6.07) is 44.6. The highest BCUT2D eigenvalue weighted by atomic mass is 32.1. The van der Waals surface area contributed by atoms with E-state index in [9.17, 15) is 1.37 Å². The average Bonchev–Trinajstić information content (AvgIpc) is 3.52. The van der Waals surface area contributed by atoms with Gasteiger partial charge in [-0.25, -0.2) is 9.97 Å². The van der Waals surface area contributed by atoms with E-state index in [1.165, 1.54) is 0 Å². The number of aromatic nitrogens is 2. The van der Waals surface area contributed by atoms with Crippen LogP contribution in [0.1, 0.15) is 22.2 Å². The molecule has 3 heterocycles. The molecule has 0 unspecified atom stereocenters. The molecule has 7 aromatic carbocycles. The third-order valence-corrected chi connectivity index (χ3v) is 10.9. The molecule has 0 saturated heterocycles. The monoisotopic (exact) mass is 621 g/mol. The number of hydrogen-bond acceptors (Lipinski definition) is 4. The highest BCUT2D eigenvalue weighted by molar-refractivity contribution is 7.26. The van der Waals surface area contributed by atoms with Crippen LogP contribution in [-0.4, -0.2) is 9.97 Å². The Balaban J connectivity index is 1.45. The van der Waals surface area contributed by atoms with Crippen molar-refractivity contribution in [3.05, 3.63) is 145 Å². The van der Waals surface area contributed by atoms with Gasteiger partial charge in [-0.1, -0.05) is 127 Å². The summed E-state index contributed by atoms with van der Waals surface area (Å²) in [5.41, 5.74) is 6.17. The van der Waals surface area contributed by atoms with Crippen LogP contribution < -0.4 is 4.90 Å². The molecule has 2 aromatic heterocycles. The number of nitrogens with zero attached hydrogens (tertiary/aromatic N) is 3. The molecule has 0 radical (unpaired) electrons. The van der Waals surface area contributed by atoms with Crippen LogP contribution in [0.15, 0.2) is 139 Å². The van der Waals surface area contributed by atoms with Crippen molar-refractivity contribution in [2.24, 2.45) is 0 Å². The lowest BCUT2D eigenvalue weighted by Gasteiger charge is -2.46. The summed E-state index contributed by atoms with van der Waals surface area (Å²) in [5.74, 6) is 0.585. The number of rotatable bonds is 2. The second-order valence-corrected chi connectivity index (χ2v) is 13.8. The van der Waals surface area contributed by atoms with Crippen LogP contribution in [0.3, 0.4) is 0 Å². The van der Waals surface area contributed by atoms with Gasteiger partial charge >= 0.3 is 0 Å². The summed E-state index contributed by atoms with van der Waals surface area (Å²) >= 11 is 1.73. The first-order valence-corrected chi connectivity index (χ1v) is 16.8. The lowest BCUT2D eigenvalue weighted by Crippen LogP contribution is -2.42. The molecule has 0 atom stereocenters. The summed E-state index contributed by atoms with van der Waals surface area (Å²) in [7, 11) is 0. The first kappa shape index (κ1) is 24.6. The van der Waals surface area contributed by atoms with Crippen molar-refractivity contribution in [1.82, 2.24) is 9.97 Å². The van der Waals surface area contributed by atoms with Crippen LogP contribution in [0.25, 0.3) is 75.0 Å². The van der Waals surface area contributed by atoms with Gasteiger partial charge in [-0.15, -0.1) is 11.3 Å². The van der Waals surface area contributed by atoms with Gasteiger partial charge in [0.15, 0.2) is 0 Å². The van der Waals surface area contributed by atoms with Crippen LogP contribution in [0, 0.1) is 0 Å². The quantitative estimate of drug-likeness (QED) is 0.192. The molecule has 0 saturated carbocycles. The van der Waals surface area contributed by atoms with E-state index in [0.29, 0.717) is 18.0 Å². The number of anilines is 2. The highest BCUT2D eigenvalue weighted by Crippen LogP contribution is 2.59. The molecule has 222 valence electrons. The van der Waals surface area contributed by atoms with Crippen molar-refractivity contribution in [3.63, 3.8) is 0 Å². The number of fused-ring (bicyclic) bond motifs is 13. The molecule has 0 bridgehead atoms. The highest BCUT2D eigenvalue weighted by Gasteiger charge is 2.43. The summed E-state index contributed by atoms with van der Waals surface area (Å²) in [5, 5.41) is 7.41. The van der Waals surface area contributed by atoms with Crippen molar-refractivity contribution in [2.75, 3.05) is 4.90 Å². The second kappa shape index (κ2) is 9.71. The number of para-hydroxylation sites is 1. The Kier molecular flexibility index (Phi) is 5.09. The van der Waals surface area contributed by atoms with Gasteiger partial charge in [0.25, 0.3) is 0 Å². The van der Waals surface area contributed by atoms with Gasteiger partial charge in [0.2, 0.25) is 5.95 Å². The minimum atomic E-state index is -0.727. The maximum absolute atomic E-state index is 9.59. The molecule has 9 aromatic rings. The summed E-state index contributed by atoms with van der Waals surface area (Å²) in [6.07, 6.45) is 0. The second-order valence-electron chi connectivity index (χ2n) is 12.8. The summed E-state index contributed by atoms with van der Waals surface area (Å²) < 4.78 is 20.8. The Bertz CT molecular complexity index is 2840. The summed E-state index contributed by atoms with van der Waals surface area (Å²) in [4.78, 5) is 13.1. The molecule has 0 amide bonds. The van der Waals surface area contributed by atoms with Crippen molar-refractivity contribution in [1.29, 1.82) is 0 Å². The van der Waals surface area contributed by atoms with Gasteiger partial charge in [0, 0.05) is 32.0 Å². The van der Waals surface area contributed by atoms with Crippen LogP contribution >= 0.6 is 11.3 Å². The molecule has 1 aliphatic rings. The zero-order valence-electron chi connectivity index (χ0n) is 27.9. The van der Waals surface area contributed by atoms with Crippen LogP contribution in [-0.2, 0) is 5.54 Å². The van der Waals surface area contributed by atoms with Crippen molar-refractivity contribution >= 4 is 75.6 Å². The van der Waals surface area contributed by atoms with E-state index < -0.39 is 5.54 Å². The van der Waals surface area contributed by atoms with E-state index >= 15 is 0 Å². The third-order valence-electron chi connectivity index (χ3n) is 9.76. The van der Waals surface area contributed by atoms with E-state index in [4.69, 9.17) is 11.3 Å². The fourth-order valence-corrected chi connectivity index (χ4v) is 8.93. The topological polar surface area (TPSA) is 29.0 Å². The Labute approximate surface area is 279 Å². The maximum atomic E-state index is 9.59. The number of hydrogen-bond donors (Lipinski definition) is 0. The maximum Gasteiger partial charge on any atom is 0.231 e. The van der Waals surface area contributed by atoms with Crippen LogP contribution in [0.4, 0.5) is 11.6 Å². The molecule has 0 fully saturated rings. The molecule has 0 N–H and O–H groups in total. The van der Waals surface area contributed by atoms with E-state index in [1.54, 1.807) is 11.3 Å². The van der Waals surface area contributed by atoms with Crippen molar-refractivity contribution in [3.8, 4) is 22.4 Å².